The second kappa shape index (κ2) is 7.90. The molecule has 0 bridgehead atoms. The molecule has 2 aliphatic heterocycles. The second-order valence-electron chi connectivity index (χ2n) is 8.12. The van der Waals surface area contributed by atoms with Crippen LogP contribution in [-0.4, -0.2) is 46.9 Å². The van der Waals surface area contributed by atoms with Crippen molar-refractivity contribution in [3.8, 4) is 0 Å². The van der Waals surface area contributed by atoms with Gasteiger partial charge in [-0.2, -0.15) is 0 Å². The van der Waals surface area contributed by atoms with Gasteiger partial charge < -0.3 is 4.90 Å². The van der Waals surface area contributed by atoms with Gasteiger partial charge in [-0.05, 0) is 49.7 Å². The van der Waals surface area contributed by atoms with Crippen LogP contribution in [0.15, 0.2) is 35.5 Å². The fourth-order valence-corrected chi connectivity index (χ4v) is 4.65. The molecule has 1 saturated heterocycles. The summed E-state index contributed by atoms with van der Waals surface area (Å²) in [5, 5.41) is 0. The van der Waals surface area contributed by atoms with Gasteiger partial charge in [0.05, 0.1) is 6.04 Å². The lowest BCUT2D eigenvalue weighted by Crippen LogP contribution is -2.57. The molecule has 2 heterocycles. The molecule has 3 nitrogen and oxygen atoms in total. The molecule has 2 unspecified atom stereocenters. The van der Waals surface area contributed by atoms with Crippen LogP contribution in [0.3, 0.4) is 0 Å². The van der Waals surface area contributed by atoms with Crippen molar-refractivity contribution in [3.63, 3.8) is 0 Å². The summed E-state index contributed by atoms with van der Waals surface area (Å²) in [5.74, 6) is 0.844. The Kier molecular flexibility index (Phi) is 5.83. The molecule has 0 aromatic rings. The number of rotatable bonds is 4. The number of piperidine rings is 1. The Balaban J connectivity index is 1.76. The van der Waals surface area contributed by atoms with Crippen molar-refractivity contribution in [2.75, 3.05) is 13.1 Å². The van der Waals surface area contributed by atoms with E-state index in [1.807, 2.05) is 6.92 Å². The summed E-state index contributed by atoms with van der Waals surface area (Å²) in [5.41, 5.74) is 2.93. The van der Waals surface area contributed by atoms with Crippen molar-refractivity contribution in [2.24, 2.45) is 5.92 Å². The van der Waals surface area contributed by atoms with Crippen molar-refractivity contribution < 1.29 is 4.79 Å². The average Bonchev–Trinajstić information content (AvgIpc) is 2.65. The molecule has 0 aromatic carbocycles. The van der Waals surface area contributed by atoms with Gasteiger partial charge in [-0.15, -0.1) is 0 Å². The van der Waals surface area contributed by atoms with E-state index in [-0.39, 0.29) is 0 Å². The molecule has 3 rings (SSSR count). The Bertz CT molecular complexity index is 587. The summed E-state index contributed by atoms with van der Waals surface area (Å²) < 4.78 is 0. The summed E-state index contributed by atoms with van der Waals surface area (Å²) in [6.45, 7) is 10.9. The maximum atomic E-state index is 12.7. The smallest absolute Gasteiger partial charge is 0.223 e. The van der Waals surface area contributed by atoms with Crippen LogP contribution in [0, 0.1) is 5.92 Å². The molecule has 0 saturated carbocycles. The Morgan fingerprint density at radius 2 is 2.04 bits per heavy atom. The van der Waals surface area contributed by atoms with Gasteiger partial charge in [-0.1, -0.05) is 45.1 Å². The molecule has 3 heteroatoms. The highest BCUT2D eigenvalue weighted by Gasteiger charge is 2.39. The maximum absolute atomic E-state index is 12.7. The molecule has 25 heavy (non-hydrogen) atoms. The minimum Gasteiger partial charge on any atom is -0.332 e. The zero-order chi connectivity index (χ0) is 18.0. The predicted molar refractivity (Wildman–Crippen MR) is 104 cm³/mol. The van der Waals surface area contributed by atoms with Crippen molar-refractivity contribution in [2.45, 2.75) is 77.9 Å². The number of hydrogen-bond donors (Lipinski definition) is 0. The van der Waals surface area contributed by atoms with Crippen LogP contribution in [0.2, 0.25) is 0 Å². The molecule has 1 fully saturated rings. The largest absolute Gasteiger partial charge is 0.332 e. The van der Waals surface area contributed by atoms with Crippen LogP contribution in [0.25, 0.3) is 0 Å². The molecular formula is C22H34N2O. The highest BCUT2D eigenvalue weighted by molar-refractivity contribution is 5.77. The topological polar surface area (TPSA) is 23.6 Å². The molecule has 0 radical (unpaired) electrons. The quantitative estimate of drug-likeness (QED) is 0.710. The van der Waals surface area contributed by atoms with Crippen LogP contribution in [-0.2, 0) is 4.79 Å². The first-order valence-corrected chi connectivity index (χ1v) is 10.1. The summed E-state index contributed by atoms with van der Waals surface area (Å²) in [4.78, 5) is 17.5. The van der Waals surface area contributed by atoms with E-state index in [2.05, 4.69) is 54.9 Å². The minimum atomic E-state index is 0.327. The highest BCUT2D eigenvalue weighted by Crippen LogP contribution is 2.34. The molecule has 0 aromatic heterocycles. The number of likely N-dealkylation sites (tertiary alicyclic amines) is 1. The van der Waals surface area contributed by atoms with Crippen molar-refractivity contribution >= 4 is 5.91 Å². The van der Waals surface area contributed by atoms with Gasteiger partial charge in [0.15, 0.2) is 0 Å². The number of allylic oxidation sites excluding steroid dienone is 2. The Labute approximate surface area is 153 Å². The zero-order valence-corrected chi connectivity index (χ0v) is 16.4. The summed E-state index contributed by atoms with van der Waals surface area (Å²) >= 11 is 0. The standard InChI is InChI=1S/C22H34N2O/c1-5-22(25)24-20(16(2)3)12-11-19-15-23(14-13-21(19)24)17(4)18-9-7-6-8-10-18/h7,9-11,16-17,20-21H,5-6,8,12-15H2,1-4H3/t17?,20-,21?/m1/s1. The Hall–Kier alpha value is -1.35. The summed E-state index contributed by atoms with van der Waals surface area (Å²) in [6.07, 6.45) is 14.5. The van der Waals surface area contributed by atoms with Crippen LogP contribution in [0.5, 0.6) is 0 Å². The van der Waals surface area contributed by atoms with E-state index < -0.39 is 0 Å². The minimum absolute atomic E-state index is 0.327. The first-order chi connectivity index (χ1) is 12.0. The molecule has 1 amide bonds. The van der Waals surface area contributed by atoms with Gasteiger partial charge in [0.1, 0.15) is 0 Å². The van der Waals surface area contributed by atoms with E-state index in [0.29, 0.717) is 36.4 Å². The normalized spacial score (nSPS) is 28.4. The molecule has 138 valence electrons. The van der Waals surface area contributed by atoms with Crippen LogP contribution in [0.4, 0.5) is 0 Å². The van der Waals surface area contributed by atoms with Gasteiger partial charge in [0.25, 0.3) is 0 Å². The lowest BCUT2D eigenvalue weighted by Gasteiger charge is -2.49. The molecular weight excluding hydrogens is 308 g/mol. The number of amides is 1. The molecule has 3 atom stereocenters. The Morgan fingerprint density at radius 1 is 1.24 bits per heavy atom. The fraction of sp³-hybridized carbons (Fsp3) is 0.682. The number of carbonyl (C=O) groups is 1. The summed E-state index contributed by atoms with van der Waals surface area (Å²) in [7, 11) is 0. The van der Waals surface area contributed by atoms with Crippen LogP contribution < -0.4 is 0 Å². The summed E-state index contributed by atoms with van der Waals surface area (Å²) in [6, 6.07) is 1.17. The lowest BCUT2D eigenvalue weighted by molar-refractivity contribution is -0.137. The highest BCUT2D eigenvalue weighted by atomic mass is 16.2. The molecule has 0 N–H and O–H groups in total. The van der Waals surface area contributed by atoms with Crippen molar-refractivity contribution in [1.29, 1.82) is 0 Å². The third kappa shape index (κ3) is 3.76. The number of carbonyl (C=O) groups excluding carboxylic acids is 1. The molecule has 1 aliphatic carbocycles. The molecule has 0 spiro atoms. The average molecular weight is 343 g/mol. The third-order valence-corrected chi connectivity index (χ3v) is 6.23. The second-order valence-corrected chi connectivity index (χ2v) is 8.12. The Morgan fingerprint density at radius 3 is 2.68 bits per heavy atom. The third-order valence-electron chi connectivity index (χ3n) is 6.23. The van der Waals surface area contributed by atoms with Gasteiger partial charge in [0.2, 0.25) is 5.91 Å². The monoisotopic (exact) mass is 342 g/mol. The fourth-order valence-electron chi connectivity index (χ4n) is 4.65. The van der Waals surface area contributed by atoms with E-state index in [1.165, 1.54) is 24.0 Å². The van der Waals surface area contributed by atoms with Crippen molar-refractivity contribution in [1.82, 2.24) is 9.80 Å². The van der Waals surface area contributed by atoms with Gasteiger partial charge in [0, 0.05) is 31.6 Å². The predicted octanol–water partition coefficient (Wildman–Crippen LogP) is 4.32. The van der Waals surface area contributed by atoms with Gasteiger partial charge in [-0.25, -0.2) is 0 Å². The van der Waals surface area contributed by atoms with Gasteiger partial charge >= 0.3 is 0 Å². The van der Waals surface area contributed by atoms with Crippen LogP contribution in [0.1, 0.15) is 59.8 Å². The number of fused-ring (bicyclic) bond motifs is 1. The van der Waals surface area contributed by atoms with E-state index in [1.54, 1.807) is 0 Å². The molecule has 3 aliphatic rings. The number of hydrogen-bond acceptors (Lipinski definition) is 2. The van der Waals surface area contributed by atoms with Crippen LogP contribution >= 0.6 is 0 Å². The van der Waals surface area contributed by atoms with E-state index in [9.17, 15) is 4.79 Å². The zero-order valence-electron chi connectivity index (χ0n) is 16.4. The first-order valence-electron chi connectivity index (χ1n) is 10.1. The maximum Gasteiger partial charge on any atom is 0.223 e. The SMILES string of the molecule is CCC(=O)N1C2CCN(C(C)C3=CCCC=C3)CC2=CC[C@@H]1C(C)C. The first kappa shape index (κ1) is 18.4. The lowest BCUT2D eigenvalue weighted by atomic mass is 9.84. The van der Waals surface area contributed by atoms with E-state index in [4.69, 9.17) is 0 Å². The van der Waals surface area contributed by atoms with Gasteiger partial charge in [-0.3, -0.25) is 9.69 Å². The van der Waals surface area contributed by atoms with E-state index >= 15 is 0 Å². The number of nitrogens with zero attached hydrogens (tertiary/aromatic N) is 2. The van der Waals surface area contributed by atoms with E-state index in [0.717, 1.165) is 25.9 Å². The van der Waals surface area contributed by atoms with Crippen molar-refractivity contribution in [3.05, 3.63) is 35.5 Å².